The molecule has 0 aromatic heterocycles. The third kappa shape index (κ3) is 5.78. The summed E-state index contributed by atoms with van der Waals surface area (Å²) in [6, 6.07) is 6.83. The molecule has 0 fully saturated rings. The lowest BCUT2D eigenvalue weighted by Gasteiger charge is -2.07. The van der Waals surface area contributed by atoms with Crippen molar-refractivity contribution in [3.05, 3.63) is 42.5 Å². The summed E-state index contributed by atoms with van der Waals surface area (Å²) >= 11 is 1.64. The lowest BCUT2D eigenvalue weighted by Crippen LogP contribution is -2.26. The van der Waals surface area contributed by atoms with Gasteiger partial charge in [-0.1, -0.05) is 18.2 Å². The molecule has 0 bridgehead atoms. The normalized spacial score (nSPS) is 11.4. The van der Waals surface area contributed by atoms with Gasteiger partial charge in [0.25, 0.3) is 0 Å². The van der Waals surface area contributed by atoms with Crippen molar-refractivity contribution in [1.82, 2.24) is 4.72 Å². The molecule has 0 spiro atoms. The highest BCUT2D eigenvalue weighted by Gasteiger charge is 2.12. The van der Waals surface area contributed by atoms with Gasteiger partial charge in [0.1, 0.15) is 0 Å². The summed E-state index contributed by atoms with van der Waals surface area (Å²) in [5.41, 5.74) is 6.49. The van der Waals surface area contributed by atoms with Crippen LogP contribution in [0.15, 0.2) is 41.8 Å². The van der Waals surface area contributed by atoms with Gasteiger partial charge in [0.05, 0.1) is 4.90 Å². The largest absolute Gasteiger partial charge is 0.330 e. The SMILES string of the molecule is C=CCSCCNS(=O)(=O)c1ccc(CCN)cc1. The van der Waals surface area contributed by atoms with Gasteiger partial charge in [0.2, 0.25) is 10.0 Å². The average molecular weight is 300 g/mol. The Morgan fingerprint density at radius 2 is 2.00 bits per heavy atom. The van der Waals surface area contributed by atoms with Crippen LogP contribution in [0.2, 0.25) is 0 Å². The number of hydrogen-bond donors (Lipinski definition) is 2. The summed E-state index contributed by atoms with van der Waals surface area (Å²) in [5, 5.41) is 0. The molecule has 1 aromatic rings. The highest BCUT2D eigenvalue weighted by molar-refractivity contribution is 7.99. The van der Waals surface area contributed by atoms with E-state index < -0.39 is 10.0 Å². The second kappa shape index (κ2) is 8.37. The monoisotopic (exact) mass is 300 g/mol. The quantitative estimate of drug-likeness (QED) is 0.534. The first kappa shape index (κ1) is 16.2. The number of nitrogens with one attached hydrogen (secondary N) is 1. The molecular weight excluding hydrogens is 280 g/mol. The van der Waals surface area contributed by atoms with E-state index in [-0.39, 0.29) is 0 Å². The number of hydrogen-bond acceptors (Lipinski definition) is 4. The topological polar surface area (TPSA) is 72.2 Å². The maximum absolute atomic E-state index is 12.0. The first-order valence-corrected chi connectivity index (χ1v) is 8.71. The van der Waals surface area contributed by atoms with Gasteiger partial charge in [0, 0.05) is 18.1 Å². The van der Waals surface area contributed by atoms with Gasteiger partial charge < -0.3 is 5.73 Å². The molecule has 19 heavy (non-hydrogen) atoms. The Morgan fingerprint density at radius 3 is 2.58 bits per heavy atom. The van der Waals surface area contributed by atoms with E-state index in [1.54, 1.807) is 42.1 Å². The van der Waals surface area contributed by atoms with Crippen LogP contribution in [0.4, 0.5) is 0 Å². The first-order chi connectivity index (χ1) is 9.10. The van der Waals surface area contributed by atoms with Crippen molar-refractivity contribution in [2.24, 2.45) is 5.73 Å². The second-order valence-electron chi connectivity index (χ2n) is 3.94. The molecule has 0 heterocycles. The second-order valence-corrected chi connectivity index (χ2v) is 6.86. The third-order valence-electron chi connectivity index (χ3n) is 2.44. The molecule has 0 aliphatic carbocycles. The fourth-order valence-electron chi connectivity index (χ4n) is 1.50. The van der Waals surface area contributed by atoms with Gasteiger partial charge in [-0.2, -0.15) is 11.8 Å². The summed E-state index contributed by atoms with van der Waals surface area (Å²) in [6.07, 6.45) is 2.56. The van der Waals surface area contributed by atoms with E-state index in [0.29, 0.717) is 18.0 Å². The predicted molar refractivity (Wildman–Crippen MR) is 81.9 cm³/mol. The van der Waals surface area contributed by atoms with Crippen LogP contribution in [-0.2, 0) is 16.4 Å². The fraction of sp³-hybridized carbons (Fsp3) is 0.385. The maximum atomic E-state index is 12.0. The van der Waals surface area contributed by atoms with E-state index in [9.17, 15) is 8.42 Å². The molecule has 1 aromatic carbocycles. The Labute approximate surface area is 119 Å². The van der Waals surface area contributed by atoms with Crippen LogP contribution in [0.5, 0.6) is 0 Å². The van der Waals surface area contributed by atoms with Crippen LogP contribution in [0, 0.1) is 0 Å². The zero-order chi connectivity index (χ0) is 14.1. The molecule has 4 nitrogen and oxygen atoms in total. The zero-order valence-electron chi connectivity index (χ0n) is 10.8. The van der Waals surface area contributed by atoms with Crippen molar-refractivity contribution in [2.45, 2.75) is 11.3 Å². The molecule has 0 atom stereocenters. The van der Waals surface area contributed by atoms with Crippen molar-refractivity contribution in [1.29, 1.82) is 0 Å². The highest BCUT2D eigenvalue weighted by atomic mass is 32.2. The molecule has 3 N–H and O–H groups in total. The van der Waals surface area contributed by atoms with Gasteiger partial charge in [-0.15, -0.1) is 6.58 Å². The van der Waals surface area contributed by atoms with Gasteiger partial charge in [0.15, 0.2) is 0 Å². The lowest BCUT2D eigenvalue weighted by molar-refractivity contribution is 0.584. The van der Waals surface area contributed by atoms with Crippen molar-refractivity contribution >= 4 is 21.8 Å². The third-order valence-corrected chi connectivity index (χ3v) is 4.88. The van der Waals surface area contributed by atoms with Crippen molar-refractivity contribution < 1.29 is 8.42 Å². The van der Waals surface area contributed by atoms with Crippen LogP contribution in [-0.4, -0.2) is 33.0 Å². The van der Waals surface area contributed by atoms with E-state index in [4.69, 9.17) is 5.73 Å². The summed E-state index contributed by atoms with van der Waals surface area (Å²) < 4.78 is 26.5. The Morgan fingerprint density at radius 1 is 1.32 bits per heavy atom. The maximum Gasteiger partial charge on any atom is 0.240 e. The molecule has 0 aliphatic rings. The predicted octanol–water partition coefficient (Wildman–Crippen LogP) is 1.39. The smallest absolute Gasteiger partial charge is 0.240 e. The van der Waals surface area contributed by atoms with E-state index in [2.05, 4.69) is 11.3 Å². The van der Waals surface area contributed by atoms with Gasteiger partial charge in [-0.05, 0) is 30.7 Å². The Hall–Kier alpha value is -0.820. The zero-order valence-corrected chi connectivity index (χ0v) is 12.5. The number of nitrogens with two attached hydrogens (primary N) is 1. The van der Waals surface area contributed by atoms with Crippen LogP contribution in [0.25, 0.3) is 0 Å². The van der Waals surface area contributed by atoms with Crippen molar-refractivity contribution in [2.75, 3.05) is 24.6 Å². The van der Waals surface area contributed by atoms with E-state index in [1.807, 2.05) is 0 Å². The minimum Gasteiger partial charge on any atom is -0.330 e. The van der Waals surface area contributed by atoms with Crippen molar-refractivity contribution in [3.63, 3.8) is 0 Å². The average Bonchev–Trinajstić information content (AvgIpc) is 2.39. The molecule has 106 valence electrons. The molecular formula is C13H20N2O2S2. The Balaban J connectivity index is 2.54. The van der Waals surface area contributed by atoms with Gasteiger partial charge >= 0.3 is 0 Å². The molecule has 0 unspecified atom stereocenters. The molecule has 0 amide bonds. The molecule has 0 radical (unpaired) electrons. The van der Waals surface area contributed by atoms with E-state index in [0.717, 1.165) is 23.5 Å². The highest BCUT2D eigenvalue weighted by Crippen LogP contribution is 2.11. The summed E-state index contributed by atoms with van der Waals surface area (Å²) in [6.45, 7) is 4.59. The molecule has 1 rings (SSSR count). The number of benzene rings is 1. The van der Waals surface area contributed by atoms with E-state index in [1.165, 1.54) is 0 Å². The molecule has 6 heteroatoms. The first-order valence-electron chi connectivity index (χ1n) is 6.07. The van der Waals surface area contributed by atoms with Crippen LogP contribution >= 0.6 is 11.8 Å². The Kier molecular flexibility index (Phi) is 7.15. The van der Waals surface area contributed by atoms with Crippen LogP contribution < -0.4 is 10.5 Å². The standard InChI is InChI=1S/C13H20N2O2S2/c1-2-10-18-11-9-15-19(16,17)13-5-3-12(4-6-13)7-8-14/h2-6,15H,1,7-11,14H2. The van der Waals surface area contributed by atoms with Crippen molar-refractivity contribution in [3.8, 4) is 0 Å². The minimum absolute atomic E-state index is 0.294. The number of rotatable bonds is 9. The molecule has 0 saturated heterocycles. The van der Waals surface area contributed by atoms with Gasteiger partial charge in [-0.25, -0.2) is 13.1 Å². The van der Waals surface area contributed by atoms with Crippen LogP contribution in [0.3, 0.4) is 0 Å². The van der Waals surface area contributed by atoms with E-state index >= 15 is 0 Å². The summed E-state index contributed by atoms with van der Waals surface area (Å²) in [5.74, 6) is 1.56. The number of thioether (sulfide) groups is 1. The van der Waals surface area contributed by atoms with Gasteiger partial charge in [-0.3, -0.25) is 0 Å². The number of sulfonamides is 1. The minimum atomic E-state index is -3.40. The summed E-state index contributed by atoms with van der Waals surface area (Å²) in [4.78, 5) is 0.294. The lowest BCUT2D eigenvalue weighted by atomic mass is 10.2. The van der Waals surface area contributed by atoms with Crippen LogP contribution in [0.1, 0.15) is 5.56 Å². The molecule has 0 aliphatic heterocycles. The molecule has 0 saturated carbocycles. The Bertz CT molecular complexity index is 484. The summed E-state index contributed by atoms with van der Waals surface area (Å²) in [7, 11) is -3.40. The fourth-order valence-corrected chi connectivity index (χ4v) is 3.24.